The third-order valence-electron chi connectivity index (χ3n) is 7.67. The van der Waals surface area contributed by atoms with Gasteiger partial charge in [0.1, 0.15) is 36.1 Å². The first-order chi connectivity index (χ1) is 22.9. The summed E-state index contributed by atoms with van der Waals surface area (Å²) in [6, 6.07) is 23.5. The molecule has 47 heavy (non-hydrogen) atoms. The van der Waals surface area contributed by atoms with E-state index in [-0.39, 0.29) is 5.70 Å². The number of esters is 1. The molecular weight excluding hydrogens is 637 g/mol. The van der Waals surface area contributed by atoms with E-state index in [0.717, 1.165) is 23.0 Å². The van der Waals surface area contributed by atoms with Crippen LogP contribution in [-0.2, 0) is 31.0 Å². The van der Waals surface area contributed by atoms with Gasteiger partial charge in [-0.05, 0) is 22.8 Å². The number of anilines is 1. The van der Waals surface area contributed by atoms with Gasteiger partial charge in [0.25, 0.3) is 17.9 Å². The largest absolute Gasteiger partial charge is 0.448 e. The predicted octanol–water partition coefficient (Wildman–Crippen LogP) is 3.81. The van der Waals surface area contributed by atoms with Gasteiger partial charge in [-0.25, -0.2) is 14.3 Å². The van der Waals surface area contributed by atoms with Crippen molar-refractivity contribution in [1.82, 2.24) is 15.2 Å². The van der Waals surface area contributed by atoms with Crippen molar-refractivity contribution in [2.45, 2.75) is 23.6 Å². The molecule has 0 spiro atoms. The molecule has 3 N–H and O–H groups in total. The molecule has 2 aromatic heterocycles. The Morgan fingerprint density at radius 1 is 1.09 bits per heavy atom. The van der Waals surface area contributed by atoms with Crippen molar-refractivity contribution < 1.29 is 28.5 Å². The number of rotatable bonds is 11. The molecule has 2 unspecified atom stereocenters. The van der Waals surface area contributed by atoms with Crippen molar-refractivity contribution in [2.75, 3.05) is 11.5 Å². The molecule has 4 heterocycles. The molecule has 2 aliphatic heterocycles. The topological polar surface area (TPSA) is 140 Å². The van der Waals surface area contributed by atoms with Gasteiger partial charge in [-0.1, -0.05) is 78.5 Å². The van der Waals surface area contributed by atoms with Gasteiger partial charge in [-0.15, -0.1) is 23.1 Å². The number of thiazole rings is 1. The van der Waals surface area contributed by atoms with Crippen LogP contribution in [0.5, 0.6) is 0 Å². The fourth-order valence-electron chi connectivity index (χ4n) is 5.35. The van der Waals surface area contributed by atoms with Crippen LogP contribution in [0.3, 0.4) is 0 Å². The van der Waals surface area contributed by atoms with Gasteiger partial charge in [0.05, 0.1) is 0 Å². The number of β-lactam (4-membered cyclic amide) rings is 1. The number of benzene rings is 2. The van der Waals surface area contributed by atoms with Gasteiger partial charge in [0, 0.05) is 23.3 Å². The first-order valence-electron chi connectivity index (χ1n) is 14.6. The van der Waals surface area contributed by atoms with E-state index < -0.39 is 41.4 Å². The maximum Gasteiger partial charge on any atom is 0.356 e. The number of aryl methyl sites for hydroxylation is 1. The number of nitrogens with one attached hydrogen (secondary N) is 1. The molecule has 4 aromatic rings. The average Bonchev–Trinajstić information content (AvgIpc) is 3.54. The molecular formula is C34H31N6O5S2+. The second kappa shape index (κ2) is 14.0. The Morgan fingerprint density at radius 2 is 1.77 bits per heavy atom. The summed E-state index contributed by atoms with van der Waals surface area (Å²) in [5.41, 5.74) is 9.40. The normalized spacial score (nSPS) is 18.0. The van der Waals surface area contributed by atoms with Crippen molar-refractivity contribution in [3.8, 4) is 0 Å². The zero-order valence-electron chi connectivity index (χ0n) is 25.3. The van der Waals surface area contributed by atoms with E-state index in [1.807, 2.05) is 96.7 Å². The van der Waals surface area contributed by atoms with E-state index in [9.17, 15) is 14.4 Å². The molecule has 13 heteroatoms. The number of amides is 2. The number of pyridine rings is 1. The minimum absolute atomic E-state index is 0.120. The Bertz CT molecular complexity index is 1820. The zero-order valence-corrected chi connectivity index (χ0v) is 26.9. The number of fused-ring (bicyclic) bond motifs is 1. The van der Waals surface area contributed by atoms with Crippen LogP contribution in [0.4, 0.5) is 5.13 Å². The molecule has 2 amide bonds. The highest BCUT2D eigenvalue weighted by Gasteiger charge is 2.54. The van der Waals surface area contributed by atoms with Crippen LogP contribution in [0, 0.1) is 0 Å². The molecule has 1 saturated heterocycles. The van der Waals surface area contributed by atoms with Gasteiger partial charge in [-0.2, -0.15) is 0 Å². The van der Waals surface area contributed by atoms with Gasteiger partial charge >= 0.3 is 5.97 Å². The van der Waals surface area contributed by atoms with Crippen LogP contribution >= 0.6 is 23.1 Å². The second-order valence-corrected chi connectivity index (χ2v) is 12.6. The molecule has 0 radical (unpaired) electrons. The Balaban J connectivity index is 1.15. The van der Waals surface area contributed by atoms with Crippen LogP contribution < -0.4 is 15.6 Å². The third kappa shape index (κ3) is 6.67. The van der Waals surface area contributed by atoms with Gasteiger partial charge in [0.2, 0.25) is 5.69 Å². The molecule has 0 aliphatic carbocycles. The number of nitrogens with zero attached hydrogens (tertiary/aromatic N) is 4. The molecule has 2 aliphatic rings. The van der Waals surface area contributed by atoms with E-state index in [4.69, 9.17) is 15.3 Å². The summed E-state index contributed by atoms with van der Waals surface area (Å²) < 4.78 is 7.94. The molecule has 6 rings (SSSR count). The second-order valence-electron chi connectivity index (χ2n) is 10.6. The Morgan fingerprint density at radius 3 is 2.38 bits per heavy atom. The lowest BCUT2D eigenvalue weighted by molar-refractivity contribution is -0.682. The summed E-state index contributed by atoms with van der Waals surface area (Å²) in [5.74, 6) is -1.33. The SMILES string of the molecule is C=CC1=C(C(=O)OC(c2ccccc2)c2ccccc2)N2C(=O)C(NC(=O)/C=N\OC(c3csc(N)n3)c3cccc[n+]3C)[C@H]2SC1. The summed E-state index contributed by atoms with van der Waals surface area (Å²) in [5, 5.41) is 8.24. The number of ether oxygens (including phenoxy) is 1. The number of thioether (sulfide) groups is 1. The molecule has 0 saturated carbocycles. The fraction of sp³-hybridized carbons (Fsp3) is 0.176. The van der Waals surface area contributed by atoms with E-state index in [1.165, 1.54) is 28.0 Å². The first kappa shape index (κ1) is 31.7. The van der Waals surface area contributed by atoms with E-state index in [0.29, 0.717) is 22.2 Å². The Labute approximate surface area is 279 Å². The lowest BCUT2D eigenvalue weighted by Gasteiger charge is -2.49. The summed E-state index contributed by atoms with van der Waals surface area (Å²) in [7, 11) is 1.85. The Hall–Kier alpha value is -5.27. The zero-order chi connectivity index (χ0) is 32.9. The lowest BCUT2D eigenvalue weighted by Crippen LogP contribution is -2.70. The van der Waals surface area contributed by atoms with Crippen LogP contribution in [0.15, 0.2) is 120 Å². The number of nitrogen functional groups attached to an aromatic ring is 1. The number of carbonyl (C=O) groups is 3. The molecule has 3 atom stereocenters. The monoisotopic (exact) mass is 667 g/mol. The highest BCUT2D eigenvalue weighted by atomic mass is 32.2. The van der Waals surface area contributed by atoms with Gasteiger partial charge < -0.3 is 20.6 Å². The van der Waals surface area contributed by atoms with Crippen molar-refractivity contribution >= 4 is 52.2 Å². The van der Waals surface area contributed by atoms with Gasteiger partial charge in [0.15, 0.2) is 17.4 Å². The fourth-order valence-corrected chi connectivity index (χ4v) is 7.27. The van der Waals surface area contributed by atoms with Crippen molar-refractivity contribution in [2.24, 2.45) is 12.2 Å². The third-order valence-corrected chi connectivity index (χ3v) is 9.67. The molecule has 0 bridgehead atoms. The van der Waals surface area contributed by atoms with Gasteiger partial charge in [-0.3, -0.25) is 14.5 Å². The number of hydrogen-bond donors (Lipinski definition) is 2. The van der Waals surface area contributed by atoms with Crippen LogP contribution in [0.2, 0.25) is 0 Å². The number of carbonyl (C=O) groups excluding carboxylic acids is 3. The summed E-state index contributed by atoms with van der Waals surface area (Å²) >= 11 is 2.68. The van der Waals surface area contributed by atoms with E-state index >= 15 is 0 Å². The molecule has 11 nitrogen and oxygen atoms in total. The van der Waals surface area contributed by atoms with Crippen molar-refractivity contribution in [3.05, 3.63) is 137 Å². The standard InChI is InChI=1S/C34H30N6O5S2/c1-3-21-19-46-32-27(38-26(41)18-36-45-30(24-20-47-34(35)37-24)25-16-10-11-17-39(25)2)31(42)40(32)28(21)33(43)44-29(22-12-6-4-7-13-22)23-14-8-5-9-15-23/h3-18,20,27,29-30,32H,1,19H2,2H3,(H2-,35,37,38,41)/p+1/b36-18-/t27?,30?,32-/m1/s1. The highest BCUT2D eigenvalue weighted by Crippen LogP contribution is 2.42. The van der Waals surface area contributed by atoms with Crippen LogP contribution in [0.25, 0.3) is 0 Å². The number of oxime groups is 1. The minimum Gasteiger partial charge on any atom is -0.448 e. The van der Waals surface area contributed by atoms with E-state index in [1.54, 1.807) is 11.5 Å². The highest BCUT2D eigenvalue weighted by molar-refractivity contribution is 8.00. The molecule has 2 aromatic carbocycles. The average molecular weight is 668 g/mol. The molecule has 1 fully saturated rings. The first-order valence-corrected chi connectivity index (χ1v) is 16.5. The van der Waals surface area contributed by atoms with Crippen LogP contribution in [-0.4, -0.2) is 51.1 Å². The van der Waals surface area contributed by atoms with Crippen molar-refractivity contribution in [1.29, 1.82) is 0 Å². The van der Waals surface area contributed by atoms with Crippen molar-refractivity contribution in [3.63, 3.8) is 0 Å². The number of hydrogen-bond acceptors (Lipinski definition) is 10. The number of allylic oxidation sites excluding steroid dienone is 1. The summed E-state index contributed by atoms with van der Waals surface area (Å²) in [6.07, 6.45) is 2.97. The number of aromatic nitrogens is 2. The summed E-state index contributed by atoms with van der Waals surface area (Å²) in [6.45, 7) is 3.86. The quantitative estimate of drug-likeness (QED) is 0.0810. The summed E-state index contributed by atoms with van der Waals surface area (Å²) in [4.78, 5) is 51.6. The van der Waals surface area contributed by atoms with E-state index in [2.05, 4.69) is 22.0 Å². The Kier molecular flexibility index (Phi) is 9.45. The van der Waals surface area contributed by atoms with Crippen LogP contribution in [0.1, 0.15) is 34.7 Å². The lowest BCUT2D eigenvalue weighted by atomic mass is 10.0. The maximum atomic E-state index is 13.8. The molecule has 238 valence electrons. The predicted molar refractivity (Wildman–Crippen MR) is 179 cm³/mol. The maximum absolute atomic E-state index is 13.8. The smallest absolute Gasteiger partial charge is 0.356 e. The number of nitrogens with two attached hydrogens (primary N) is 1. The minimum atomic E-state index is -0.881.